The number of ketones is 1. The molecule has 0 amide bonds. The van der Waals surface area contributed by atoms with Crippen molar-refractivity contribution < 1.29 is 14.1 Å². The van der Waals surface area contributed by atoms with Crippen LogP contribution < -0.4 is 5.32 Å². The van der Waals surface area contributed by atoms with Crippen LogP contribution in [0.5, 0.6) is 0 Å². The molecule has 6 nitrogen and oxygen atoms in total. The van der Waals surface area contributed by atoms with Crippen molar-refractivity contribution in [2.45, 2.75) is 31.7 Å². The number of likely N-dealkylation sites (tertiary alicyclic amines) is 1. The fraction of sp³-hybridized carbons (Fsp3) is 0.381. The molecule has 2 aromatic carbocycles. The topological polar surface area (TPSA) is 75.5 Å². The lowest BCUT2D eigenvalue weighted by Crippen LogP contribution is -2.39. The van der Waals surface area contributed by atoms with Crippen molar-refractivity contribution in [2.75, 3.05) is 25.0 Å². The molecule has 1 aliphatic heterocycles. The first-order chi connectivity index (χ1) is 13.5. The van der Waals surface area contributed by atoms with Gasteiger partial charge in [-0.15, -0.1) is 0 Å². The maximum Gasteiger partial charge on any atom is 0.292 e. The van der Waals surface area contributed by atoms with E-state index in [1.54, 1.807) is 18.2 Å². The van der Waals surface area contributed by atoms with Gasteiger partial charge in [-0.05, 0) is 56.1 Å². The molecule has 0 bridgehead atoms. The summed E-state index contributed by atoms with van der Waals surface area (Å²) in [6.45, 7) is 2.62. The maximum absolute atomic E-state index is 12.9. The van der Waals surface area contributed by atoms with E-state index < -0.39 is 0 Å². The minimum atomic E-state index is -0.365. The number of carbonyl (C=O) groups is 1. The number of para-hydroxylation sites is 2. The van der Waals surface area contributed by atoms with Crippen LogP contribution in [-0.4, -0.2) is 41.3 Å². The van der Waals surface area contributed by atoms with Crippen LogP contribution in [-0.2, 0) is 0 Å². The van der Waals surface area contributed by atoms with E-state index in [2.05, 4.69) is 10.2 Å². The van der Waals surface area contributed by atoms with E-state index in [1.807, 2.05) is 0 Å². The van der Waals surface area contributed by atoms with E-state index >= 15 is 0 Å². The normalized spacial score (nSPS) is 15.3. The fourth-order valence-electron chi connectivity index (χ4n) is 3.52. The van der Waals surface area contributed by atoms with E-state index in [1.165, 1.54) is 30.3 Å². The van der Waals surface area contributed by atoms with E-state index in [4.69, 9.17) is 0 Å². The van der Waals surface area contributed by atoms with E-state index in [9.17, 15) is 19.3 Å². The van der Waals surface area contributed by atoms with Gasteiger partial charge in [0.2, 0.25) is 0 Å². The van der Waals surface area contributed by atoms with Gasteiger partial charge in [-0.2, -0.15) is 0 Å². The number of rotatable bonds is 8. The van der Waals surface area contributed by atoms with Crippen LogP contribution in [0.1, 0.15) is 36.0 Å². The highest BCUT2D eigenvalue weighted by Crippen LogP contribution is 2.26. The van der Waals surface area contributed by atoms with E-state index in [0.29, 0.717) is 17.7 Å². The molecule has 2 aromatic rings. The van der Waals surface area contributed by atoms with Crippen LogP contribution in [0.15, 0.2) is 48.5 Å². The summed E-state index contributed by atoms with van der Waals surface area (Å²) in [4.78, 5) is 25.2. The zero-order chi connectivity index (χ0) is 19.9. The summed E-state index contributed by atoms with van der Waals surface area (Å²) in [6.07, 6.45) is 3.01. The number of nitrogens with zero attached hydrogens (tertiary/aromatic N) is 2. The van der Waals surface area contributed by atoms with Gasteiger partial charge in [0.15, 0.2) is 5.78 Å². The molecule has 28 heavy (non-hydrogen) atoms. The minimum absolute atomic E-state index is 0.0351. The van der Waals surface area contributed by atoms with Crippen molar-refractivity contribution in [3.63, 3.8) is 0 Å². The molecule has 0 radical (unpaired) electrons. The monoisotopic (exact) mass is 385 g/mol. The Hall–Kier alpha value is -2.80. The number of halogens is 1. The number of benzene rings is 2. The average Bonchev–Trinajstić information content (AvgIpc) is 2.70. The van der Waals surface area contributed by atoms with Crippen LogP contribution in [0, 0.1) is 15.9 Å². The first-order valence-corrected chi connectivity index (χ1v) is 9.54. The highest BCUT2D eigenvalue weighted by Gasteiger charge is 2.21. The smallest absolute Gasteiger partial charge is 0.292 e. The molecule has 1 heterocycles. The van der Waals surface area contributed by atoms with Crippen LogP contribution in [0.2, 0.25) is 0 Å². The standard InChI is InChI=1S/C21H24FN3O3/c22-17-9-7-16(8-10-17)21(26)6-3-13-24-14-11-18(12-15-24)23-19-4-1-2-5-20(19)25(27)28/h1-2,4-5,7-10,18,23H,3,6,11-15H2. The van der Waals surface area contributed by atoms with Crippen LogP contribution in [0.25, 0.3) is 0 Å². The van der Waals surface area contributed by atoms with Crippen molar-refractivity contribution >= 4 is 17.2 Å². The third-order valence-electron chi connectivity index (χ3n) is 5.09. The SMILES string of the molecule is O=C(CCCN1CCC(Nc2ccccc2[N+](=O)[O-])CC1)c1ccc(F)cc1. The first kappa shape index (κ1) is 19.9. The summed E-state index contributed by atoms with van der Waals surface area (Å²) in [5.74, 6) is -0.304. The number of hydrogen-bond acceptors (Lipinski definition) is 5. The summed E-state index contributed by atoms with van der Waals surface area (Å²) >= 11 is 0. The quantitative estimate of drug-likeness (QED) is 0.417. The lowest BCUT2D eigenvalue weighted by Gasteiger charge is -2.32. The van der Waals surface area contributed by atoms with E-state index in [0.717, 1.165) is 38.9 Å². The van der Waals surface area contributed by atoms with Gasteiger partial charge in [0.05, 0.1) is 4.92 Å². The van der Waals surface area contributed by atoms with E-state index in [-0.39, 0.29) is 28.3 Å². The van der Waals surface area contributed by atoms with Crippen LogP contribution in [0.4, 0.5) is 15.8 Å². The number of hydrogen-bond donors (Lipinski definition) is 1. The maximum atomic E-state index is 12.9. The van der Waals surface area contributed by atoms with Crippen molar-refractivity contribution in [1.29, 1.82) is 0 Å². The molecule has 148 valence electrons. The largest absolute Gasteiger partial charge is 0.377 e. The Bertz CT molecular complexity index is 818. The lowest BCUT2D eigenvalue weighted by atomic mass is 10.0. The van der Waals surface area contributed by atoms with Crippen LogP contribution in [0.3, 0.4) is 0 Å². The highest BCUT2D eigenvalue weighted by molar-refractivity contribution is 5.95. The predicted molar refractivity (Wildman–Crippen MR) is 106 cm³/mol. The summed E-state index contributed by atoms with van der Waals surface area (Å²) in [6, 6.07) is 12.6. The molecule has 7 heteroatoms. The minimum Gasteiger partial charge on any atom is -0.377 e. The van der Waals surface area contributed by atoms with Gasteiger partial charge >= 0.3 is 0 Å². The molecule has 1 N–H and O–H groups in total. The average molecular weight is 385 g/mol. The molecule has 1 aliphatic rings. The molecule has 1 fully saturated rings. The Morgan fingerprint density at radius 2 is 1.82 bits per heavy atom. The Morgan fingerprint density at radius 1 is 1.14 bits per heavy atom. The van der Waals surface area contributed by atoms with Crippen molar-refractivity contribution in [3.05, 3.63) is 70.0 Å². The number of nitro benzene ring substituents is 1. The number of piperidine rings is 1. The summed E-state index contributed by atoms with van der Waals surface area (Å²) in [5.41, 5.74) is 1.22. The number of anilines is 1. The Labute approximate surface area is 163 Å². The highest BCUT2D eigenvalue weighted by atomic mass is 19.1. The summed E-state index contributed by atoms with van der Waals surface area (Å²) in [5, 5.41) is 14.4. The van der Waals surface area contributed by atoms with Gasteiger partial charge in [0.1, 0.15) is 11.5 Å². The molecule has 0 atom stereocenters. The number of nitrogens with one attached hydrogen (secondary N) is 1. The zero-order valence-electron chi connectivity index (χ0n) is 15.6. The van der Waals surface area contributed by atoms with Crippen molar-refractivity contribution in [3.8, 4) is 0 Å². The van der Waals surface area contributed by atoms with Crippen molar-refractivity contribution in [1.82, 2.24) is 4.90 Å². The summed E-state index contributed by atoms with van der Waals surface area (Å²) in [7, 11) is 0. The van der Waals surface area contributed by atoms with Crippen molar-refractivity contribution in [2.24, 2.45) is 0 Å². The second-order valence-corrected chi connectivity index (χ2v) is 7.07. The fourth-order valence-corrected chi connectivity index (χ4v) is 3.52. The number of carbonyl (C=O) groups excluding carboxylic acids is 1. The second-order valence-electron chi connectivity index (χ2n) is 7.07. The molecule has 0 saturated carbocycles. The molecular formula is C21H24FN3O3. The number of Topliss-reactive ketones (excluding diaryl/α,β-unsaturated/α-hetero) is 1. The number of nitro groups is 1. The molecule has 0 aromatic heterocycles. The molecule has 3 rings (SSSR count). The predicted octanol–water partition coefficient (Wildman–Crippen LogP) is 4.27. The molecule has 0 unspecified atom stereocenters. The third kappa shape index (κ3) is 5.36. The van der Waals surface area contributed by atoms with Crippen LogP contribution >= 0.6 is 0 Å². The van der Waals surface area contributed by atoms with Gasteiger partial charge in [0.25, 0.3) is 5.69 Å². The van der Waals surface area contributed by atoms with Gasteiger partial charge in [-0.1, -0.05) is 12.1 Å². The van der Waals surface area contributed by atoms with Gasteiger partial charge < -0.3 is 10.2 Å². The Morgan fingerprint density at radius 3 is 2.50 bits per heavy atom. The Kier molecular flexibility index (Phi) is 6.71. The molecule has 0 aliphatic carbocycles. The third-order valence-corrected chi connectivity index (χ3v) is 5.09. The van der Waals surface area contributed by atoms with Gasteiger partial charge in [-0.3, -0.25) is 14.9 Å². The van der Waals surface area contributed by atoms with Gasteiger partial charge in [-0.25, -0.2) is 4.39 Å². The first-order valence-electron chi connectivity index (χ1n) is 9.54. The lowest BCUT2D eigenvalue weighted by molar-refractivity contribution is -0.384. The zero-order valence-corrected chi connectivity index (χ0v) is 15.6. The molecule has 1 saturated heterocycles. The summed E-state index contributed by atoms with van der Waals surface area (Å²) < 4.78 is 12.9. The molecule has 0 spiro atoms. The van der Waals surface area contributed by atoms with Gasteiger partial charge in [0, 0.05) is 37.2 Å². The Balaban J connectivity index is 1.40. The molecular weight excluding hydrogens is 361 g/mol. The second kappa shape index (κ2) is 9.41.